The number of sulfone groups is 1. The number of benzene rings is 1. The van der Waals surface area contributed by atoms with Crippen LogP contribution in [-0.4, -0.2) is 64.8 Å². The normalized spacial score (nSPS) is 20.0. The quantitative estimate of drug-likeness (QED) is 0.526. The van der Waals surface area contributed by atoms with E-state index in [0.29, 0.717) is 42.4 Å². The molecule has 1 N–H and O–H groups in total. The Morgan fingerprint density at radius 2 is 2.07 bits per heavy atom. The summed E-state index contributed by atoms with van der Waals surface area (Å²) in [6.07, 6.45) is 3.05. The van der Waals surface area contributed by atoms with Gasteiger partial charge in [-0.15, -0.1) is 0 Å². The predicted octanol–water partition coefficient (Wildman–Crippen LogP) is 0.326. The molecule has 1 aromatic rings. The van der Waals surface area contributed by atoms with E-state index >= 15 is 0 Å². The van der Waals surface area contributed by atoms with Crippen LogP contribution in [0.1, 0.15) is 12.0 Å². The summed E-state index contributed by atoms with van der Waals surface area (Å²) < 4.78 is 43.9. The molecule has 1 amide bonds. The second-order valence-corrected chi connectivity index (χ2v) is 8.58. The van der Waals surface area contributed by atoms with Crippen LogP contribution in [0.15, 0.2) is 18.2 Å². The molecule has 1 fully saturated rings. The maximum absolute atomic E-state index is 11.8. The van der Waals surface area contributed by atoms with E-state index in [1.807, 2.05) is 0 Å². The molecule has 0 aromatic heterocycles. The van der Waals surface area contributed by atoms with Crippen LogP contribution in [0.25, 0.3) is 6.08 Å². The first-order valence-corrected chi connectivity index (χ1v) is 10.5. The molecular formula is C18H21NO8S. The fraction of sp³-hybridized carbons (Fsp3) is 0.444. The first kappa shape index (κ1) is 20.0. The number of hydrogen-bond donors (Lipinski definition) is 1. The van der Waals surface area contributed by atoms with Gasteiger partial charge in [-0.05, 0) is 30.2 Å². The average molecular weight is 411 g/mol. The first-order chi connectivity index (χ1) is 13.4. The summed E-state index contributed by atoms with van der Waals surface area (Å²) >= 11 is 0. The third-order valence-electron chi connectivity index (χ3n) is 4.21. The molecule has 0 saturated carbocycles. The molecule has 0 unspecified atom stereocenters. The van der Waals surface area contributed by atoms with Crippen molar-refractivity contribution < 1.29 is 37.0 Å². The lowest BCUT2D eigenvalue weighted by Crippen LogP contribution is -2.38. The number of methoxy groups -OCH3 is 1. The molecule has 1 atom stereocenters. The summed E-state index contributed by atoms with van der Waals surface area (Å²) in [7, 11) is -1.58. The number of carbonyl (C=O) groups is 2. The van der Waals surface area contributed by atoms with Crippen LogP contribution < -0.4 is 19.5 Å². The van der Waals surface area contributed by atoms with Crippen LogP contribution >= 0.6 is 0 Å². The van der Waals surface area contributed by atoms with Gasteiger partial charge in [0.1, 0.15) is 13.2 Å². The highest BCUT2D eigenvalue weighted by atomic mass is 32.2. The number of amides is 1. The molecule has 9 nitrogen and oxygen atoms in total. The summed E-state index contributed by atoms with van der Waals surface area (Å²) in [5, 5.41) is 2.55. The molecule has 0 spiro atoms. The van der Waals surface area contributed by atoms with Gasteiger partial charge in [-0.2, -0.15) is 0 Å². The van der Waals surface area contributed by atoms with E-state index in [9.17, 15) is 18.0 Å². The third kappa shape index (κ3) is 5.16. The molecule has 0 radical (unpaired) electrons. The Morgan fingerprint density at radius 3 is 2.79 bits per heavy atom. The lowest BCUT2D eigenvalue weighted by Gasteiger charge is -2.20. The number of hydrogen-bond acceptors (Lipinski definition) is 8. The van der Waals surface area contributed by atoms with Crippen molar-refractivity contribution in [1.82, 2.24) is 5.32 Å². The van der Waals surface area contributed by atoms with Crippen LogP contribution in [0.3, 0.4) is 0 Å². The first-order valence-electron chi connectivity index (χ1n) is 8.68. The van der Waals surface area contributed by atoms with E-state index in [-0.39, 0.29) is 11.5 Å². The zero-order valence-electron chi connectivity index (χ0n) is 15.3. The summed E-state index contributed by atoms with van der Waals surface area (Å²) in [4.78, 5) is 23.6. The standard InChI is InChI=1S/C18H21NO8S/c1-24-14-8-12(9-15-18(14)26-6-5-25-15)2-3-17(21)27-10-16(20)19-13-4-7-28(22,23)11-13/h2-3,8-9,13H,4-7,10-11H2,1H3,(H,19,20)/b3-2+/t13-/m1/s1. The van der Waals surface area contributed by atoms with Crippen LogP contribution in [0.5, 0.6) is 17.2 Å². The van der Waals surface area contributed by atoms with Gasteiger partial charge in [0.05, 0.1) is 18.6 Å². The molecule has 28 heavy (non-hydrogen) atoms. The van der Waals surface area contributed by atoms with Crippen LogP contribution in [-0.2, 0) is 24.2 Å². The van der Waals surface area contributed by atoms with Crippen molar-refractivity contribution in [3.8, 4) is 17.2 Å². The zero-order valence-corrected chi connectivity index (χ0v) is 16.1. The van der Waals surface area contributed by atoms with Gasteiger partial charge >= 0.3 is 5.97 Å². The fourth-order valence-corrected chi connectivity index (χ4v) is 4.59. The Balaban J connectivity index is 1.52. The third-order valence-corrected chi connectivity index (χ3v) is 5.97. The molecule has 0 aliphatic carbocycles. The lowest BCUT2D eigenvalue weighted by molar-refractivity contribution is -0.143. The van der Waals surface area contributed by atoms with Crippen molar-refractivity contribution >= 4 is 27.8 Å². The fourth-order valence-electron chi connectivity index (χ4n) is 2.92. The largest absolute Gasteiger partial charge is 0.493 e. The van der Waals surface area contributed by atoms with Gasteiger partial charge in [0.2, 0.25) is 5.75 Å². The Hall–Kier alpha value is -2.75. The van der Waals surface area contributed by atoms with Crippen molar-refractivity contribution in [2.75, 3.05) is 38.4 Å². The smallest absolute Gasteiger partial charge is 0.331 e. The number of carbonyl (C=O) groups excluding carboxylic acids is 2. The molecule has 152 valence electrons. The van der Waals surface area contributed by atoms with Crippen molar-refractivity contribution in [2.45, 2.75) is 12.5 Å². The second kappa shape index (κ2) is 8.51. The van der Waals surface area contributed by atoms with Crippen molar-refractivity contribution in [1.29, 1.82) is 0 Å². The molecule has 10 heteroatoms. The highest BCUT2D eigenvalue weighted by molar-refractivity contribution is 7.91. The molecule has 0 bridgehead atoms. The molecular weight excluding hydrogens is 390 g/mol. The van der Waals surface area contributed by atoms with E-state index in [2.05, 4.69) is 5.32 Å². The minimum atomic E-state index is -3.09. The van der Waals surface area contributed by atoms with E-state index < -0.39 is 34.4 Å². The SMILES string of the molecule is COc1cc(/C=C/C(=O)OCC(=O)N[C@@H]2CCS(=O)(=O)C2)cc2c1OCCO2. The molecule has 2 aliphatic heterocycles. The molecule has 1 saturated heterocycles. The van der Waals surface area contributed by atoms with Gasteiger partial charge < -0.3 is 24.3 Å². The van der Waals surface area contributed by atoms with Gasteiger partial charge in [-0.3, -0.25) is 4.79 Å². The van der Waals surface area contributed by atoms with Gasteiger partial charge in [0.15, 0.2) is 27.9 Å². The molecule has 2 heterocycles. The average Bonchev–Trinajstić information content (AvgIpc) is 3.02. The Bertz CT molecular complexity index is 876. The van der Waals surface area contributed by atoms with Crippen LogP contribution in [0, 0.1) is 0 Å². The highest BCUT2D eigenvalue weighted by Crippen LogP contribution is 2.40. The van der Waals surface area contributed by atoms with E-state index in [4.69, 9.17) is 18.9 Å². The Labute approximate surface area is 162 Å². The van der Waals surface area contributed by atoms with Gasteiger partial charge in [0.25, 0.3) is 5.91 Å². The van der Waals surface area contributed by atoms with Gasteiger partial charge in [-0.25, -0.2) is 13.2 Å². The van der Waals surface area contributed by atoms with Crippen molar-refractivity contribution in [2.24, 2.45) is 0 Å². The van der Waals surface area contributed by atoms with E-state index in [1.165, 1.54) is 19.3 Å². The van der Waals surface area contributed by atoms with Crippen LogP contribution in [0.2, 0.25) is 0 Å². The number of fused-ring (bicyclic) bond motifs is 1. The lowest BCUT2D eigenvalue weighted by atomic mass is 10.1. The number of ether oxygens (including phenoxy) is 4. The minimum Gasteiger partial charge on any atom is -0.493 e. The maximum atomic E-state index is 11.8. The van der Waals surface area contributed by atoms with Gasteiger partial charge in [-0.1, -0.05) is 0 Å². The predicted molar refractivity (Wildman–Crippen MR) is 99.2 cm³/mol. The Morgan fingerprint density at radius 1 is 1.29 bits per heavy atom. The maximum Gasteiger partial charge on any atom is 0.331 e. The molecule has 2 aliphatic rings. The van der Waals surface area contributed by atoms with Crippen LogP contribution in [0.4, 0.5) is 0 Å². The summed E-state index contributed by atoms with van der Waals surface area (Å²) in [5.41, 5.74) is 0.638. The summed E-state index contributed by atoms with van der Waals surface area (Å²) in [6, 6.07) is 2.95. The molecule has 3 rings (SSSR count). The number of nitrogens with one attached hydrogen (secondary N) is 1. The van der Waals surface area contributed by atoms with E-state index in [0.717, 1.165) is 0 Å². The van der Waals surface area contributed by atoms with Crippen molar-refractivity contribution in [3.63, 3.8) is 0 Å². The summed E-state index contributed by atoms with van der Waals surface area (Å²) in [6.45, 7) is 0.368. The summed E-state index contributed by atoms with van der Waals surface area (Å²) in [5.74, 6) is 0.241. The number of rotatable bonds is 6. The zero-order chi connectivity index (χ0) is 20.1. The monoisotopic (exact) mass is 411 g/mol. The van der Waals surface area contributed by atoms with Crippen molar-refractivity contribution in [3.05, 3.63) is 23.8 Å². The minimum absolute atomic E-state index is 0.0550. The number of esters is 1. The molecule has 1 aromatic carbocycles. The Kier molecular flexibility index (Phi) is 6.08. The van der Waals surface area contributed by atoms with Gasteiger partial charge in [0, 0.05) is 12.1 Å². The topological polar surface area (TPSA) is 117 Å². The second-order valence-electron chi connectivity index (χ2n) is 6.36. The highest BCUT2D eigenvalue weighted by Gasteiger charge is 2.29. The van der Waals surface area contributed by atoms with E-state index in [1.54, 1.807) is 12.1 Å².